The second-order valence-electron chi connectivity index (χ2n) is 23.5. The minimum Gasteiger partial charge on any atom is -0.453 e. The quantitative estimate of drug-likeness (QED) is 0.0892. The Morgan fingerprint density at radius 2 is 1.14 bits per heavy atom. The number of allylic oxidation sites excluding steroid dienone is 4. The maximum atomic E-state index is 7.57. The molecule has 0 radical (unpaired) electrons. The highest BCUT2D eigenvalue weighted by molar-refractivity contribution is 6.29. The average Bonchev–Trinajstić information content (AvgIpc) is 1.61. The Balaban J connectivity index is 0.000000273. The van der Waals surface area contributed by atoms with E-state index in [1.165, 1.54) is 145 Å². The zero-order valence-electron chi connectivity index (χ0n) is 50.1. The van der Waals surface area contributed by atoms with Crippen molar-refractivity contribution in [2.24, 2.45) is 0 Å². The highest BCUT2D eigenvalue weighted by Crippen LogP contribution is 2.53. The summed E-state index contributed by atoms with van der Waals surface area (Å²) in [5, 5.41) is 22.0. The number of nitrogens with zero attached hydrogens (tertiary/aromatic N) is 1. The number of para-hydroxylation sites is 2. The fraction of sp³-hybridized carbons (Fsp3) is 0.210. The molecule has 2 aliphatic carbocycles. The van der Waals surface area contributed by atoms with Gasteiger partial charge in [-0.1, -0.05) is 210 Å². The third kappa shape index (κ3) is 11.2. The number of fused-ring (bicyclic) bond motifs is 3. The number of aliphatic hydroxyl groups excluding tert-OH is 1. The number of furan rings is 1. The molecule has 1 aromatic heterocycles. The Morgan fingerprint density at radius 1 is 0.553 bits per heavy atom. The first-order valence-corrected chi connectivity index (χ1v) is 30.9. The molecule has 2 N–H and O–H groups in total. The van der Waals surface area contributed by atoms with Crippen molar-refractivity contribution in [3.63, 3.8) is 0 Å². The Hall–Kier alpha value is -8.96. The first kappa shape index (κ1) is 56.5. The number of hydrogen-bond donors (Lipinski definition) is 2. The maximum absolute atomic E-state index is 7.57. The lowest BCUT2D eigenvalue weighted by molar-refractivity contribution is 0.318. The van der Waals surface area contributed by atoms with E-state index in [9.17, 15) is 0 Å². The molecule has 0 bridgehead atoms. The Bertz CT molecular complexity index is 4430. The second-order valence-corrected chi connectivity index (χ2v) is 23.5. The van der Waals surface area contributed by atoms with Crippen molar-refractivity contribution < 1.29 is 9.52 Å². The van der Waals surface area contributed by atoms with Crippen LogP contribution in [0.3, 0.4) is 0 Å². The van der Waals surface area contributed by atoms with Crippen LogP contribution < -0.4 is 10.2 Å². The van der Waals surface area contributed by atoms with E-state index in [1.807, 2.05) is 12.2 Å². The average molecular weight is 1110 g/mol. The lowest BCUT2D eigenvalue weighted by Gasteiger charge is -2.30. The first-order valence-electron chi connectivity index (χ1n) is 30.9. The zero-order valence-corrected chi connectivity index (χ0v) is 50.1. The molecule has 1 heterocycles. The van der Waals surface area contributed by atoms with Gasteiger partial charge in [0, 0.05) is 50.8 Å². The van der Waals surface area contributed by atoms with Gasteiger partial charge in [-0.25, -0.2) is 0 Å². The summed E-state index contributed by atoms with van der Waals surface area (Å²) in [6.07, 6.45) is 16.7. The van der Waals surface area contributed by atoms with Gasteiger partial charge in [0.2, 0.25) is 0 Å². The van der Waals surface area contributed by atoms with Crippen molar-refractivity contribution in [1.82, 2.24) is 0 Å². The van der Waals surface area contributed by atoms with Crippen molar-refractivity contribution in [2.75, 3.05) is 16.8 Å². The molecule has 4 heteroatoms. The molecule has 85 heavy (non-hydrogen) atoms. The molecule has 2 saturated carbocycles. The molecular formula is C81H78N2O2. The van der Waals surface area contributed by atoms with Gasteiger partial charge < -0.3 is 19.7 Å². The molecule has 12 aromatic rings. The van der Waals surface area contributed by atoms with Gasteiger partial charge in [0.15, 0.2) is 5.58 Å². The van der Waals surface area contributed by atoms with Crippen LogP contribution in [0.4, 0.5) is 28.4 Å². The smallest absolute Gasteiger partial charge is 0.159 e. The summed E-state index contributed by atoms with van der Waals surface area (Å²) in [5.74, 6) is 1.07. The van der Waals surface area contributed by atoms with E-state index in [0.717, 1.165) is 62.1 Å². The van der Waals surface area contributed by atoms with Crippen molar-refractivity contribution in [3.05, 3.63) is 264 Å². The van der Waals surface area contributed by atoms with Crippen molar-refractivity contribution in [1.29, 1.82) is 0 Å². The molecule has 0 saturated heterocycles. The summed E-state index contributed by atoms with van der Waals surface area (Å²) in [6, 6.07) is 71.9. The number of benzene rings is 11. The van der Waals surface area contributed by atoms with E-state index in [0.29, 0.717) is 11.8 Å². The Labute approximate surface area is 502 Å². The van der Waals surface area contributed by atoms with Crippen molar-refractivity contribution >= 4 is 88.3 Å². The van der Waals surface area contributed by atoms with E-state index in [2.05, 4.69) is 245 Å². The molecule has 14 rings (SSSR count). The zero-order chi connectivity index (χ0) is 58.6. The van der Waals surface area contributed by atoms with Crippen LogP contribution in [0, 0.1) is 20.8 Å². The van der Waals surface area contributed by atoms with E-state index in [-0.39, 0.29) is 6.61 Å². The molecule has 0 spiro atoms. The van der Waals surface area contributed by atoms with Crippen LogP contribution in [0.15, 0.2) is 230 Å². The Morgan fingerprint density at radius 3 is 1.84 bits per heavy atom. The Kier molecular flexibility index (Phi) is 16.7. The molecule has 0 unspecified atom stereocenters. The van der Waals surface area contributed by atoms with E-state index in [1.54, 1.807) is 13.0 Å². The summed E-state index contributed by atoms with van der Waals surface area (Å²) in [6.45, 7) is 18.5. The molecule has 11 aromatic carbocycles. The molecule has 2 aliphatic rings. The molecule has 0 amide bonds. The lowest BCUT2D eigenvalue weighted by atomic mass is 9.82. The van der Waals surface area contributed by atoms with Gasteiger partial charge in [-0.3, -0.25) is 0 Å². The van der Waals surface area contributed by atoms with Gasteiger partial charge in [-0.15, -0.1) is 0 Å². The van der Waals surface area contributed by atoms with Gasteiger partial charge in [0.25, 0.3) is 0 Å². The summed E-state index contributed by atoms with van der Waals surface area (Å²) in [7, 11) is 0. The van der Waals surface area contributed by atoms with E-state index >= 15 is 0 Å². The van der Waals surface area contributed by atoms with Crippen LogP contribution >= 0.6 is 0 Å². The number of anilines is 5. The van der Waals surface area contributed by atoms with Gasteiger partial charge in [0.1, 0.15) is 5.58 Å². The predicted octanol–water partition coefficient (Wildman–Crippen LogP) is 23.3. The first-order chi connectivity index (χ1) is 41.7. The monoisotopic (exact) mass is 1110 g/mol. The van der Waals surface area contributed by atoms with Crippen LogP contribution in [-0.4, -0.2) is 11.7 Å². The molecule has 424 valence electrons. The van der Waals surface area contributed by atoms with Gasteiger partial charge >= 0.3 is 0 Å². The van der Waals surface area contributed by atoms with E-state index < -0.39 is 0 Å². The maximum Gasteiger partial charge on any atom is 0.159 e. The standard InChI is InChI=1S/C60H54N2O.C19H18.C2H6O/c1-4-39-17-9-10-24-44(39)47-25-13-26-48-49-27-14-28-55(60(49)63-59(47)48)62(43-23-12-16-38(3)34-43)56-36-53(41-20-7-8-21-41)46-29-31-50-54(61-42-22-11-15-37(2)33-42)35-52(40-18-5-6-19-40)45-30-32-51(56)58(46)57(45)50;1-4-5-9-15(2)17-11-8-12-18(14-17)19-13-7-6-10-16(19)3;1-2-3/h9-17,22-36,40-41,61H,4-8,18-21H2,1-3H3;4-14H,1-2H2,3H3;3H,2H2,1H3/b;9-5-;. The number of hydrogen-bond acceptors (Lipinski definition) is 4. The highest BCUT2D eigenvalue weighted by atomic mass is 16.3. The largest absolute Gasteiger partial charge is 0.453 e. The fourth-order valence-corrected chi connectivity index (χ4v) is 13.9. The second kappa shape index (κ2) is 25.1. The molecular weight excluding hydrogens is 1030 g/mol. The van der Waals surface area contributed by atoms with Gasteiger partial charge in [-0.2, -0.15) is 0 Å². The van der Waals surface area contributed by atoms with Crippen LogP contribution in [0.5, 0.6) is 0 Å². The van der Waals surface area contributed by atoms with Crippen molar-refractivity contribution in [2.45, 2.75) is 104 Å². The minimum absolute atomic E-state index is 0.250. The van der Waals surface area contributed by atoms with Crippen LogP contribution in [-0.2, 0) is 6.42 Å². The fourth-order valence-electron chi connectivity index (χ4n) is 13.9. The summed E-state index contributed by atoms with van der Waals surface area (Å²) in [4.78, 5) is 2.53. The third-order valence-corrected chi connectivity index (χ3v) is 17.9. The summed E-state index contributed by atoms with van der Waals surface area (Å²) in [5.41, 5.74) is 22.7. The SMILES string of the molecule is C=C/C=C\C(=C)c1cccc(-c2ccccc2C)c1.CCO.CCc1ccccc1-c1cccc2c1oc1c(N(c3cccc(C)c3)c3cc(C4CCCC4)c4ccc5c(Nc6cccc(C)c6)cc(C6CCCC6)c6ccc3c4c56)cccc12. The molecule has 0 atom stereocenters. The van der Waals surface area contributed by atoms with Crippen molar-refractivity contribution in [3.8, 4) is 22.3 Å². The lowest BCUT2D eigenvalue weighted by Crippen LogP contribution is -2.12. The third-order valence-electron chi connectivity index (χ3n) is 17.9. The normalized spacial score (nSPS) is 13.7. The molecule has 0 aliphatic heterocycles. The van der Waals surface area contributed by atoms with E-state index in [4.69, 9.17) is 9.52 Å². The number of nitrogens with one attached hydrogen (secondary N) is 1. The van der Waals surface area contributed by atoms with Crippen LogP contribution in [0.2, 0.25) is 0 Å². The highest BCUT2D eigenvalue weighted by Gasteiger charge is 2.30. The van der Waals surface area contributed by atoms with Gasteiger partial charge in [0.05, 0.1) is 11.4 Å². The number of aryl methyl sites for hydroxylation is 4. The molecule has 4 nitrogen and oxygen atoms in total. The summed E-state index contributed by atoms with van der Waals surface area (Å²) < 4.78 is 7.28. The number of aliphatic hydroxyl groups is 1. The summed E-state index contributed by atoms with van der Waals surface area (Å²) >= 11 is 0. The van der Waals surface area contributed by atoms with Crippen LogP contribution in [0.1, 0.15) is 116 Å². The number of rotatable bonds is 13. The van der Waals surface area contributed by atoms with Crippen LogP contribution in [0.25, 0.3) is 82.1 Å². The van der Waals surface area contributed by atoms with Gasteiger partial charge in [-0.05, 0) is 203 Å². The topological polar surface area (TPSA) is 48.6 Å². The predicted molar refractivity (Wildman–Crippen MR) is 366 cm³/mol. The molecule has 2 fully saturated rings. The minimum atomic E-state index is 0.250.